The second-order valence-corrected chi connectivity index (χ2v) is 3.28. The van der Waals surface area contributed by atoms with Crippen molar-refractivity contribution < 1.29 is 4.74 Å². The van der Waals surface area contributed by atoms with E-state index in [-0.39, 0.29) is 6.10 Å². The molecule has 0 aliphatic heterocycles. The van der Waals surface area contributed by atoms with Crippen molar-refractivity contribution in [1.29, 1.82) is 0 Å². The van der Waals surface area contributed by atoms with E-state index in [1.807, 2.05) is 6.92 Å². The highest BCUT2D eigenvalue weighted by Gasteiger charge is 2.03. The molecule has 0 saturated carbocycles. The molecule has 1 unspecified atom stereocenters. The summed E-state index contributed by atoms with van der Waals surface area (Å²) >= 11 is 5.65. The first-order valence-corrected chi connectivity index (χ1v) is 4.74. The maximum Gasteiger partial charge on any atom is 0.233 e. The molecule has 0 N–H and O–H groups in total. The third-order valence-electron chi connectivity index (χ3n) is 1.60. The lowest BCUT2D eigenvalue weighted by molar-refractivity contribution is 0.200. The van der Waals surface area contributed by atoms with Gasteiger partial charge in [0.15, 0.2) is 5.15 Å². The Hall–Kier alpha value is -0.830. The molecule has 0 aliphatic rings. The third-order valence-corrected chi connectivity index (χ3v) is 1.78. The number of ether oxygens (including phenoxy) is 1. The minimum Gasteiger partial charge on any atom is -0.474 e. The lowest BCUT2D eigenvalue weighted by Gasteiger charge is -2.11. The molecular formula is C9H13ClN2O. The van der Waals surface area contributed by atoms with Crippen LogP contribution in [0.1, 0.15) is 26.7 Å². The largest absolute Gasteiger partial charge is 0.474 e. The number of hydrogen-bond donors (Lipinski definition) is 0. The zero-order valence-electron chi connectivity index (χ0n) is 7.83. The smallest absolute Gasteiger partial charge is 0.233 e. The van der Waals surface area contributed by atoms with Crippen molar-refractivity contribution in [2.75, 3.05) is 0 Å². The van der Waals surface area contributed by atoms with Gasteiger partial charge in [0.25, 0.3) is 0 Å². The second-order valence-electron chi connectivity index (χ2n) is 2.90. The summed E-state index contributed by atoms with van der Waals surface area (Å²) in [6.45, 7) is 4.12. The van der Waals surface area contributed by atoms with E-state index in [4.69, 9.17) is 16.3 Å². The van der Waals surface area contributed by atoms with Crippen LogP contribution in [0.5, 0.6) is 5.88 Å². The number of rotatable bonds is 4. The first kappa shape index (κ1) is 10.3. The minimum absolute atomic E-state index is 0.165. The Morgan fingerprint density at radius 1 is 1.54 bits per heavy atom. The number of halogens is 1. The quantitative estimate of drug-likeness (QED) is 0.750. The lowest BCUT2D eigenvalue weighted by Crippen LogP contribution is -2.12. The van der Waals surface area contributed by atoms with E-state index < -0.39 is 0 Å². The van der Waals surface area contributed by atoms with Gasteiger partial charge in [0.2, 0.25) is 5.88 Å². The van der Waals surface area contributed by atoms with Crippen LogP contribution in [-0.2, 0) is 0 Å². The summed E-state index contributed by atoms with van der Waals surface area (Å²) in [5, 5.41) is 0.362. The Kier molecular flexibility index (Phi) is 3.96. The van der Waals surface area contributed by atoms with E-state index in [0.29, 0.717) is 11.0 Å². The lowest BCUT2D eigenvalue weighted by atomic mass is 10.2. The maximum atomic E-state index is 5.65. The van der Waals surface area contributed by atoms with Crippen LogP contribution in [0.3, 0.4) is 0 Å². The zero-order chi connectivity index (χ0) is 9.68. The van der Waals surface area contributed by atoms with Crippen LogP contribution in [0.25, 0.3) is 0 Å². The van der Waals surface area contributed by atoms with Gasteiger partial charge in [0, 0.05) is 0 Å². The van der Waals surface area contributed by atoms with Crippen molar-refractivity contribution in [2.24, 2.45) is 0 Å². The molecule has 72 valence electrons. The van der Waals surface area contributed by atoms with Gasteiger partial charge in [0.1, 0.15) is 0 Å². The van der Waals surface area contributed by atoms with Gasteiger partial charge >= 0.3 is 0 Å². The summed E-state index contributed by atoms with van der Waals surface area (Å²) in [5.41, 5.74) is 0. The third kappa shape index (κ3) is 3.59. The normalized spacial score (nSPS) is 12.5. The highest BCUT2D eigenvalue weighted by atomic mass is 35.5. The standard InChI is InChI=1S/C9H13ClN2O/c1-3-4-7(2)13-9-6-11-5-8(10)12-9/h5-7H,3-4H2,1-2H3. The highest BCUT2D eigenvalue weighted by molar-refractivity contribution is 6.29. The van der Waals surface area contributed by atoms with E-state index in [1.165, 1.54) is 6.20 Å². The molecule has 0 spiro atoms. The molecule has 1 aromatic rings. The first-order valence-electron chi connectivity index (χ1n) is 4.36. The Morgan fingerprint density at radius 2 is 2.31 bits per heavy atom. The molecule has 0 amide bonds. The molecule has 0 fully saturated rings. The molecule has 0 aromatic carbocycles. The van der Waals surface area contributed by atoms with Crippen molar-refractivity contribution in [1.82, 2.24) is 9.97 Å². The average Bonchev–Trinajstić information content (AvgIpc) is 2.04. The predicted molar refractivity (Wildman–Crippen MR) is 52.0 cm³/mol. The molecule has 4 heteroatoms. The second kappa shape index (κ2) is 5.02. The van der Waals surface area contributed by atoms with Crippen molar-refractivity contribution in [3.05, 3.63) is 17.5 Å². The Bertz CT molecular complexity index is 268. The molecule has 0 aliphatic carbocycles. The molecule has 1 heterocycles. The van der Waals surface area contributed by atoms with E-state index in [2.05, 4.69) is 16.9 Å². The summed E-state index contributed by atoms with van der Waals surface area (Å²) in [5.74, 6) is 0.494. The monoisotopic (exact) mass is 200 g/mol. The fourth-order valence-corrected chi connectivity index (χ4v) is 1.19. The molecule has 0 bridgehead atoms. The summed E-state index contributed by atoms with van der Waals surface area (Å²) < 4.78 is 5.48. The van der Waals surface area contributed by atoms with Crippen LogP contribution in [-0.4, -0.2) is 16.1 Å². The Balaban J connectivity index is 2.53. The van der Waals surface area contributed by atoms with Crippen molar-refractivity contribution in [2.45, 2.75) is 32.8 Å². The summed E-state index contributed by atoms with van der Waals surface area (Å²) in [6.07, 6.45) is 5.32. The van der Waals surface area contributed by atoms with Crippen LogP contribution < -0.4 is 4.74 Å². The van der Waals surface area contributed by atoms with Gasteiger partial charge in [-0.1, -0.05) is 24.9 Å². The molecule has 0 radical (unpaired) electrons. The Morgan fingerprint density at radius 3 is 2.92 bits per heavy atom. The van der Waals surface area contributed by atoms with Gasteiger partial charge in [-0.05, 0) is 13.3 Å². The summed E-state index contributed by atoms with van der Waals surface area (Å²) in [7, 11) is 0. The van der Waals surface area contributed by atoms with Gasteiger partial charge in [-0.25, -0.2) is 0 Å². The van der Waals surface area contributed by atoms with Crippen LogP contribution in [0.4, 0.5) is 0 Å². The molecule has 1 aromatic heterocycles. The topological polar surface area (TPSA) is 35.0 Å². The van der Waals surface area contributed by atoms with Gasteiger partial charge in [-0.3, -0.25) is 4.98 Å². The van der Waals surface area contributed by atoms with Gasteiger partial charge in [-0.15, -0.1) is 0 Å². The molecule has 13 heavy (non-hydrogen) atoms. The molecular weight excluding hydrogens is 188 g/mol. The summed E-state index contributed by atoms with van der Waals surface area (Å²) in [6, 6.07) is 0. The van der Waals surface area contributed by atoms with Crippen molar-refractivity contribution in [3.8, 4) is 5.88 Å². The van der Waals surface area contributed by atoms with E-state index in [9.17, 15) is 0 Å². The van der Waals surface area contributed by atoms with E-state index >= 15 is 0 Å². The number of hydrogen-bond acceptors (Lipinski definition) is 3. The molecule has 0 saturated heterocycles. The van der Waals surface area contributed by atoms with Crippen molar-refractivity contribution in [3.63, 3.8) is 0 Å². The van der Waals surface area contributed by atoms with E-state index in [1.54, 1.807) is 6.20 Å². The zero-order valence-corrected chi connectivity index (χ0v) is 8.58. The fourth-order valence-electron chi connectivity index (χ4n) is 1.05. The van der Waals surface area contributed by atoms with Gasteiger partial charge < -0.3 is 4.74 Å². The fraction of sp³-hybridized carbons (Fsp3) is 0.556. The molecule has 1 atom stereocenters. The van der Waals surface area contributed by atoms with Crippen LogP contribution in [0, 0.1) is 0 Å². The maximum absolute atomic E-state index is 5.65. The van der Waals surface area contributed by atoms with E-state index in [0.717, 1.165) is 12.8 Å². The first-order chi connectivity index (χ1) is 6.22. The van der Waals surface area contributed by atoms with Crippen LogP contribution >= 0.6 is 11.6 Å². The number of aromatic nitrogens is 2. The molecule has 3 nitrogen and oxygen atoms in total. The minimum atomic E-state index is 0.165. The predicted octanol–water partition coefficient (Wildman–Crippen LogP) is 2.70. The van der Waals surface area contributed by atoms with Crippen LogP contribution in [0.2, 0.25) is 5.15 Å². The number of nitrogens with zero attached hydrogens (tertiary/aromatic N) is 2. The van der Waals surface area contributed by atoms with Gasteiger partial charge in [-0.2, -0.15) is 4.98 Å². The summed E-state index contributed by atoms with van der Waals surface area (Å²) in [4.78, 5) is 7.85. The SMILES string of the molecule is CCCC(C)Oc1cncc(Cl)n1. The molecule has 1 rings (SSSR count). The van der Waals surface area contributed by atoms with Crippen LogP contribution in [0.15, 0.2) is 12.4 Å². The van der Waals surface area contributed by atoms with Gasteiger partial charge in [0.05, 0.1) is 18.5 Å². The van der Waals surface area contributed by atoms with Crippen molar-refractivity contribution >= 4 is 11.6 Å². The average molecular weight is 201 g/mol. The highest BCUT2D eigenvalue weighted by Crippen LogP contribution is 2.12. The Labute approximate surface area is 83.1 Å².